The molecule has 2 N–H and O–H groups in total. The van der Waals surface area contributed by atoms with Crippen LogP contribution in [0.5, 0.6) is 0 Å². The Morgan fingerprint density at radius 2 is 2.41 bits per heavy atom. The van der Waals surface area contributed by atoms with Gasteiger partial charge in [0.15, 0.2) is 0 Å². The van der Waals surface area contributed by atoms with E-state index in [9.17, 15) is 4.79 Å². The van der Waals surface area contributed by atoms with E-state index in [1.54, 1.807) is 6.07 Å². The quantitative estimate of drug-likeness (QED) is 0.901. The van der Waals surface area contributed by atoms with Gasteiger partial charge >= 0.3 is 0 Å². The van der Waals surface area contributed by atoms with E-state index >= 15 is 0 Å². The number of hydrogen-bond acceptors (Lipinski definition) is 3. The summed E-state index contributed by atoms with van der Waals surface area (Å²) < 4.78 is 4.93. The van der Waals surface area contributed by atoms with Gasteiger partial charge < -0.3 is 15.1 Å². The van der Waals surface area contributed by atoms with Crippen LogP contribution >= 0.6 is 12.4 Å². The third-order valence-corrected chi connectivity index (χ3v) is 3.15. The molecule has 1 aromatic heterocycles. The zero-order valence-corrected chi connectivity index (χ0v) is 10.6. The zero-order valence-electron chi connectivity index (χ0n) is 9.80. The summed E-state index contributed by atoms with van der Waals surface area (Å²) in [6.07, 6.45) is 6.32. The molecule has 96 valence electrons. The summed E-state index contributed by atoms with van der Waals surface area (Å²) >= 11 is 0. The molecule has 1 fully saturated rings. The fraction of sp³-hybridized carbons (Fsp3) is 0.583. The first-order valence-electron chi connectivity index (χ1n) is 5.83. The van der Waals surface area contributed by atoms with Gasteiger partial charge in [0.25, 0.3) is 5.91 Å². The molecule has 1 aliphatic rings. The van der Waals surface area contributed by atoms with Gasteiger partial charge in [-0.3, -0.25) is 4.79 Å². The van der Waals surface area contributed by atoms with Crippen molar-refractivity contribution in [3.8, 4) is 0 Å². The highest BCUT2D eigenvalue weighted by atomic mass is 35.5. The average Bonchev–Trinajstić information content (AvgIpc) is 2.82. The summed E-state index contributed by atoms with van der Waals surface area (Å²) in [5, 5.41) is 0. The number of likely N-dealkylation sites (tertiary alicyclic amines) is 1. The first-order chi connectivity index (χ1) is 7.81. The first kappa shape index (κ1) is 14.1. The number of halogens is 1. The van der Waals surface area contributed by atoms with E-state index < -0.39 is 0 Å². The molecule has 0 bridgehead atoms. The Morgan fingerprint density at radius 3 is 3.06 bits per heavy atom. The van der Waals surface area contributed by atoms with E-state index in [2.05, 4.69) is 0 Å². The first-order valence-corrected chi connectivity index (χ1v) is 5.83. The maximum atomic E-state index is 12.0. The Balaban J connectivity index is 0.00000144. The summed E-state index contributed by atoms with van der Waals surface area (Å²) in [6.45, 7) is 2.39. The second kappa shape index (κ2) is 6.67. The summed E-state index contributed by atoms with van der Waals surface area (Å²) in [5.41, 5.74) is 6.20. The molecule has 0 radical (unpaired) electrons. The second-order valence-electron chi connectivity index (χ2n) is 4.35. The molecule has 1 saturated heterocycles. The minimum Gasteiger partial charge on any atom is -0.472 e. The zero-order chi connectivity index (χ0) is 11.4. The van der Waals surface area contributed by atoms with Gasteiger partial charge in [-0.1, -0.05) is 0 Å². The third kappa shape index (κ3) is 3.48. The van der Waals surface area contributed by atoms with Crippen LogP contribution in [0.2, 0.25) is 0 Å². The minimum atomic E-state index is 0. The van der Waals surface area contributed by atoms with Gasteiger partial charge in [0, 0.05) is 13.1 Å². The molecule has 1 aliphatic heterocycles. The van der Waals surface area contributed by atoms with Crippen molar-refractivity contribution in [1.29, 1.82) is 0 Å². The van der Waals surface area contributed by atoms with Crippen LogP contribution in [0.25, 0.3) is 0 Å². The van der Waals surface area contributed by atoms with Crippen LogP contribution in [0.15, 0.2) is 23.0 Å². The predicted octanol–water partition coefficient (Wildman–Crippen LogP) is 1.90. The topological polar surface area (TPSA) is 59.5 Å². The summed E-state index contributed by atoms with van der Waals surface area (Å²) in [4.78, 5) is 14.0. The van der Waals surface area contributed by atoms with Crippen molar-refractivity contribution in [2.24, 2.45) is 11.7 Å². The maximum Gasteiger partial charge on any atom is 0.257 e. The van der Waals surface area contributed by atoms with Crippen LogP contribution in [-0.2, 0) is 0 Å². The Kier molecular flexibility index (Phi) is 5.51. The molecule has 5 heteroatoms. The van der Waals surface area contributed by atoms with Crippen LogP contribution in [-0.4, -0.2) is 30.4 Å². The molecule has 1 unspecified atom stereocenters. The van der Waals surface area contributed by atoms with Crippen LogP contribution < -0.4 is 5.73 Å². The lowest BCUT2D eigenvalue weighted by molar-refractivity contribution is 0.0669. The number of hydrogen-bond donors (Lipinski definition) is 1. The minimum absolute atomic E-state index is 0. The lowest BCUT2D eigenvalue weighted by Crippen LogP contribution is -2.40. The molecule has 1 aromatic rings. The number of nitrogens with two attached hydrogens (primary N) is 1. The average molecular weight is 259 g/mol. The normalized spacial score (nSPS) is 19.8. The largest absolute Gasteiger partial charge is 0.472 e. The SMILES string of the molecule is Cl.NCCC1CCCN(C(=O)c2ccoc2)C1. The Bertz CT molecular complexity index is 338. The highest BCUT2D eigenvalue weighted by Gasteiger charge is 2.24. The van der Waals surface area contributed by atoms with Crippen molar-refractivity contribution in [3.63, 3.8) is 0 Å². The molecule has 0 aromatic carbocycles. The molecule has 2 heterocycles. The third-order valence-electron chi connectivity index (χ3n) is 3.15. The van der Waals surface area contributed by atoms with E-state index in [1.807, 2.05) is 4.90 Å². The molecular formula is C12H19ClN2O2. The van der Waals surface area contributed by atoms with E-state index in [0.717, 1.165) is 25.9 Å². The molecule has 0 spiro atoms. The van der Waals surface area contributed by atoms with E-state index in [1.165, 1.54) is 18.9 Å². The van der Waals surface area contributed by atoms with Crippen molar-refractivity contribution in [2.45, 2.75) is 19.3 Å². The molecule has 1 atom stereocenters. The van der Waals surface area contributed by atoms with Crippen molar-refractivity contribution >= 4 is 18.3 Å². The second-order valence-corrected chi connectivity index (χ2v) is 4.35. The maximum absolute atomic E-state index is 12.0. The fourth-order valence-corrected chi connectivity index (χ4v) is 2.29. The number of carbonyl (C=O) groups excluding carboxylic acids is 1. The van der Waals surface area contributed by atoms with Crippen LogP contribution in [0, 0.1) is 5.92 Å². The molecule has 2 rings (SSSR count). The van der Waals surface area contributed by atoms with Gasteiger partial charge in [-0.05, 0) is 37.8 Å². The highest BCUT2D eigenvalue weighted by Crippen LogP contribution is 2.20. The molecule has 0 saturated carbocycles. The molecular weight excluding hydrogens is 240 g/mol. The monoisotopic (exact) mass is 258 g/mol. The number of nitrogens with zero attached hydrogens (tertiary/aromatic N) is 1. The summed E-state index contributed by atoms with van der Waals surface area (Å²) in [6, 6.07) is 1.72. The molecule has 0 aliphatic carbocycles. The van der Waals surface area contributed by atoms with Gasteiger partial charge in [-0.2, -0.15) is 0 Å². The van der Waals surface area contributed by atoms with Crippen molar-refractivity contribution in [3.05, 3.63) is 24.2 Å². The van der Waals surface area contributed by atoms with Crippen LogP contribution in [0.1, 0.15) is 29.6 Å². The number of rotatable bonds is 3. The smallest absolute Gasteiger partial charge is 0.257 e. The number of piperidine rings is 1. The standard InChI is InChI=1S/C12H18N2O2.ClH/c13-5-3-10-2-1-6-14(8-10)12(15)11-4-7-16-9-11;/h4,7,9-10H,1-3,5-6,8,13H2;1H. The van der Waals surface area contributed by atoms with Crippen LogP contribution in [0.4, 0.5) is 0 Å². The number of amides is 1. The number of furan rings is 1. The lowest BCUT2D eigenvalue weighted by atomic mass is 9.94. The number of carbonyl (C=O) groups is 1. The Hall–Kier alpha value is -1.00. The van der Waals surface area contributed by atoms with Crippen molar-refractivity contribution in [2.75, 3.05) is 19.6 Å². The Labute approximate surface area is 108 Å². The Morgan fingerprint density at radius 1 is 1.59 bits per heavy atom. The summed E-state index contributed by atoms with van der Waals surface area (Å²) in [5.74, 6) is 0.644. The lowest BCUT2D eigenvalue weighted by Gasteiger charge is -2.32. The van der Waals surface area contributed by atoms with E-state index in [-0.39, 0.29) is 18.3 Å². The predicted molar refractivity (Wildman–Crippen MR) is 68.3 cm³/mol. The van der Waals surface area contributed by atoms with Crippen molar-refractivity contribution < 1.29 is 9.21 Å². The van der Waals surface area contributed by atoms with Gasteiger partial charge in [-0.25, -0.2) is 0 Å². The fourth-order valence-electron chi connectivity index (χ4n) is 2.29. The molecule has 17 heavy (non-hydrogen) atoms. The molecule has 1 amide bonds. The van der Waals surface area contributed by atoms with Gasteiger partial charge in [0.1, 0.15) is 6.26 Å². The molecule has 4 nitrogen and oxygen atoms in total. The van der Waals surface area contributed by atoms with E-state index in [0.29, 0.717) is 18.0 Å². The van der Waals surface area contributed by atoms with Gasteiger partial charge in [0.2, 0.25) is 0 Å². The van der Waals surface area contributed by atoms with Gasteiger partial charge in [0.05, 0.1) is 11.8 Å². The van der Waals surface area contributed by atoms with Crippen LogP contribution in [0.3, 0.4) is 0 Å². The highest BCUT2D eigenvalue weighted by molar-refractivity contribution is 5.93. The van der Waals surface area contributed by atoms with Gasteiger partial charge in [-0.15, -0.1) is 12.4 Å². The summed E-state index contributed by atoms with van der Waals surface area (Å²) in [7, 11) is 0. The van der Waals surface area contributed by atoms with E-state index in [4.69, 9.17) is 10.2 Å². The van der Waals surface area contributed by atoms with Crippen molar-refractivity contribution in [1.82, 2.24) is 4.90 Å².